The summed E-state index contributed by atoms with van der Waals surface area (Å²) in [4.78, 5) is 15.7. The first kappa shape index (κ1) is 15.1. The van der Waals surface area contributed by atoms with Crippen LogP contribution < -0.4 is 0 Å². The van der Waals surface area contributed by atoms with Gasteiger partial charge in [0.05, 0.1) is 0 Å². The molecule has 4 heteroatoms. The van der Waals surface area contributed by atoms with Crippen LogP contribution in [-0.4, -0.2) is 10.8 Å². The highest BCUT2D eigenvalue weighted by Crippen LogP contribution is 2.24. The average Bonchev–Trinajstić information content (AvgIpc) is 2.95. The third-order valence-electron chi connectivity index (χ3n) is 3.61. The number of halogens is 1. The number of rotatable bonds is 3. The quantitative estimate of drug-likeness (QED) is 0.423. The van der Waals surface area contributed by atoms with Crippen molar-refractivity contribution in [1.29, 1.82) is 5.26 Å². The van der Waals surface area contributed by atoms with Crippen LogP contribution in [0.4, 0.5) is 0 Å². The zero-order valence-electron chi connectivity index (χ0n) is 12.4. The predicted octanol–water partition coefficient (Wildman–Crippen LogP) is 4.92. The molecule has 0 spiro atoms. The van der Waals surface area contributed by atoms with Gasteiger partial charge in [0.2, 0.25) is 5.78 Å². The summed E-state index contributed by atoms with van der Waals surface area (Å²) in [5.74, 6) is -0.303. The number of hydrogen-bond donors (Lipinski definition) is 1. The van der Waals surface area contributed by atoms with E-state index in [1.54, 1.807) is 30.5 Å². The minimum Gasteiger partial charge on any atom is -0.360 e. The third-order valence-corrected chi connectivity index (χ3v) is 3.84. The van der Waals surface area contributed by atoms with Crippen molar-refractivity contribution in [2.75, 3.05) is 0 Å². The maximum absolute atomic E-state index is 12.7. The zero-order valence-corrected chi connectivity index (χ0v) is 13.2. The fourth-order valence-corrected chi connectivity index (χ4v) is 2.68. The van der Waals surface area contributed by atoms with Crippen LogP contribution in [0.1, 0.15) is 21.5 Å². The molecule has 1 N–H and O–H groups in total. The molecule has 23 heavy (non-hydrogen) atoms. The summed E-state index contributed by atoms with van der Waals surface area (Å²) in [5.41, 5.74) is 3.25. The average molecular weight is 321 g/mol. The molecule has 1 heterocycles. The van der Waals surface area contributed by atoms with Crippen molar-refractivity contribution < 1.29 is 4.79 Å². The number of benzene rings is 2. The van der Waals surface area contributed by atoms with Crippen molar-refractivity contribution in [2.24, 2.45) is 0 Å². The molecule has 0 bridgehead atoms. The van der Waals surface area contributed by atoms with Gasteiger partial charge in [0.1, 0.15) is 11.6 Å². The van der Waals surface area contributed by atoms with Gasteiger partial charge in [-0.3, -0.25) is 4.79 Å². The van der Waals surface area contributed by atoms with E-state index < -0.39 is 0 Å². The van der Waals surface area contributed by atoms with Gasteiger partial charge in [-0.2, -0.15) is 5.26 Å². The minimum absolute atomic E-state index is 0.103. The van der Waals surface area contributed by atoms with Crippen molar-refractivity contribution in [3.05, 3.63) is 75.9 Å². The summed E-state index contributed by atoms with van der Waals surface area (Å²) < 4.78 is 0. The number of nitrogens with one attached hydrogen (secondary N) is 1. The van der Waals surface area contributed by atoms with Gasteiger partial charge in [-0.1, -0.05) is 47.5 Å². The third kappa shape index (κ3) is 3.03. The molecule has 0 aliphatic rings. The molecule has 3 rings (SSSR count). The maximum Gasteiger partial charge on any atom is 0.205 e. The number of nitrogens with zero attached hydrogens (tertiary/aromatic N) is 1. The van der Waals surface area contributed by atoms with Crippen LogP contribution in [0.25, 0.3) is 17.0 Å². The predicted molar refractivity (Wildman–Crippen MR) is 92.4 cm³/mol. The summed E-state index contributed by atoms with van der Waals surface area (Å²) in [6, 6.07) is 14.9. The summed E-state index contributed by atoms with van der Waals surface area (Å²) >= 11 is 5.95. The van der Waals surface area contributed by atoms with Gasteiger partial charge in [0.25, 0.3) is 0 Å². The summed E-state index contributed by atoms with van der Waals surface area (Å²) in [6.45, 7) is 1.97. The number of carbonyl (C=O) groups excluding carboxylic acids is 1. The van der Waals surface area contributed by atoms with Gasteiger partial charge in [-0.25, -0.2) is 0 Å². The maximum atomic E-state index is 12.7. The topological polar surface area (TPSA) is 56.6 Å². The number of aromatic nitrogens is 1. The molecule has 0 fully saturated rings. The first-order valence-corrected chi connectivity index (χ1v) is 7.46. The van der Waals surface area contributed by atoms with E-state index in [0.29, 0.717) is 10.6 Å². The number of ketones is 1. The standard InChI is InChI=1S/C19H13ClN2O/c1-12-3-2-4-13(7-12)8-14(10-21)19(23)17-11-22-18-9-15(20)5-6-16(17)18/h2-9,11,22H,1H3/b14-8+. The Bertz CT molecular complexity index is 976. The Labute approximate surface area is 138 Å². The second-order valence-electron chi connectivity index (χ2n) is 5.31. The number of H-pyrrole nitrogens is 1. The zero-order chi connectivity index (χ0) is 16.4. The number of nitriles is 1. The van der Waals surface area contributed by atoms with Crippen LogP contribution in [-0.2, 0) is 0 Å². The fourth-order valence-electron chi connectivity index (χ4n) is 2.51. The second-order valence-corrected chi connectivity index (χ2v) is 5.74. The van der Waals surface area contributed by atoms with Crippen LogP contribution in [0.3, 0.4) is 0 Å². The Morgan fingerprint density at radius 1 is 1.26 bits per heavy atom. The Balaban J connectivity index is 2.04. The van der Waals surface area contributed by atoms with Gasteiger partial charge in [0, 0.05) is 27.7 Å². The molecular formula is C19H13ClN2O. The van der Waals surface area contributed by atoms with Gasteiger partial charge in [0.15, 0.2) is 0 Å². The van der Waals surface area contributed by atoms with E-state index in [0.717, 1.165) is 22.0 Å². The molecule has 0 aliphatic carbocycles. The van der Waals surface area contributed by atoms with E-state index in [2.05, 4.69) is 4.98 Å². The minimum atomic E-state index is -0.303. The number of aromatic amines is 1. The fraction of sp³-hybridized carbons (Fsp3) is 0.0526. The Morgan fingerprint density at radius 2 is 2.09 bits per heavy atom. The molecule has 112 valence electrons. The number of allylic oxidation sites excluding steroid dienone is 1. The Hall–Kier alpha value is -2.83. The first-order chi connectivity index (χ1) is 11.1. The van der Waals surface area contributed by atoms with Crippen LogP contribution >= 0.6 is 11.6 Å². The number of hydrogen-bond acceptors (Lipinski definition) is 2. The molecule has 0 atom stereocenters. The lowest BCUT2D eigenvalue weighted by Gasteiger charge is -2.00. The smallest absolute Gasteiger partial charge is 0.205 e. The molecule has 3 aromatic rings. The number of fused-ring (bicyclic) bond motifs is 1. The number of aryl methyl sites for hydroxylation is 1. The summed E-state index contributed by atoms with van der Waals surface area (Å²) in [7, 11) is 0. The van der Waals surface area contributed by atoms with E-state index in [1.165, 1.54) is 0 Å². The molecule has 0 aliphatic heterocycles. The van der Waals surface area contributed by atoms with Crippen LogP contribution in [0.15, 0.2) is 54.2 Å². The molecule has 1 aromatic heterocycles. The van der Waals surface area contributed by atoms with Gasteiger partial charge < -0.3 is 4.98 Å². The number of carbonyl (C=O) groups is 1. The molecule has 0 amide bonds. The highest BCUT2D eigenvalue weighted by Gasteiger charge is 2.16. The monoisotopic (exact) mass is 320 g/mol. The highest BCUT2D eigenvalue weighted by atomic mass is 35.5. The molecule has 0 saturated heterocycles. The second kappa shape index (κ2) is 6.12. The van der Waals surface area contributed by atoms with E-state index in [-0.39, 0.29) is 11.4 Å². The van der Waals surface area contributed by atoms with Crippen molar-refractivity contribution in [2.45, 2.75) is 6.92 Å². The normalized spacial score (nSPS) is 11.4. The molecule has 2 aromatic carbocycles. The van der Waals surface area contributed by atoms with E-state index in [1.807, 2.05) is 37.3 Å². The molecule has 0 unspecified atom stereocenters. The van der Waals surface area contributed by atoms with Crippen LogP contribution in [0.5, 0.6) is 0 Å². The lowest BCUT2D eigenvalue weighted by molar-refractivity contribution is 0.104. The molecule has 0 saturated carbocycles. The Morgan fingerprint density at radius 3 is 2.83 bits per heavy atom. The Kier molecular flexibility index (Phi) is 4.01. The lowest BCUT2D eigenvalue weighted by atomic mass is 10.0. The SMILES string of the molecule is Cc1cccc(/C=C(\C#N)C(=O)c2c[nH]c3cc(Cl)ccc23)c1. The van der Waals surface area contributed by atoms with Crippen LogP contribution in [0.2, 0.25) is 5.02 Å². The van der Waals surface area contributed by atoms with E-state index in [9.17, 15) is 10.1 Å². The summed E-state index contributed by atoms with van der Waals surface area (Å²) in [6.07, 6.45) is 3.23. The van der Waals surface area contributed by atoms with Gasteiger partial charge >= 0.3 is 0 Å². The molecule has 3 nitrogen and oxygen atoms in total. The van der Waals surface area contributed by atoms with Crippen molar-refractivity contribution in [3.63, 3.8) is 0 Å². The van der Waals surface area contributed by atoms with E-state index in [4.69, 9.17) is 11.6 Å². The molecular weight excluding hydrogens is 308 g/mol. The highest BCUT2D eigenvalue weighted by molar-refractivity contribution is 6.31. The van der Waals surface area contributed by atoms with Crippen LogP contribution in [0, 0.1) is 18.3 Å². The lowest BCUT2D eigenvalue weighted by Crippen LogP contribution is -2.01. The first-order valence-electron chi connectivity index (χ1n) is 7.08. The van der Waals surface area contributed by atoms with Crippen molar-refractivity contribution in [3.8, 4) is 6.07 Å². The summed E-state index contributed by atoms with van der Waals surface area (Å²) in [5, 5.41) is 10.7. The molecule has 0 radical (unpaired) electrons. The van der Waals surface area contributed by atoms with Crippen molar-refractivity contribution in [1.82, 2.24) is 4.98 Å². The van der Waals surface area contributed by atoms with E-state index >= 15 is 0 Å². The van der Waals surface area contributed by atoms with Gasteiger partial charge in [-0.05, 0) is 30.7 Å². The number of Topliss-reactive ketones (excluding diaryl/α,β-unsaturated/α-hetero) is 1. The van der Waals surface area contributed by atoms with Gasteiger partial charge in [-0.15, -0.1) is 0 Å². The largest absolute Gasteiger partial charge is 0.360 e. The van der Waals surface area contributed by atoms with Crippen molar-refractivity contribution >= 4 is 34.4 Å².